The maximum absolute atomic E-state index is 10.0. The van der Waals surface area contributed by atoms with Crippen molar-refractivity contribution in [2.45, 2.75) is 26.7 Å². The summed E-state index contributed by atoms with van der Waals surface area (Å²) in [4.78, 5) is 10.0. The van der Waals surface area contributed by atoms with E-state index in [9.17, 15) is 4.79 Å². The molecule has 4 heteroatoms. The van der Waals surface area contributed by atoms with Gasteiger partial charge in [-0.1, -0.05) is 30.7 Å². The Kier molecular flexibility index (Phi) is 8.08. The Morgan fingerprint density at radius 2 is 2.00 bits per heavy atom. The number of rotatable bonds is 5. The molecule has 0 aromatic heterocycles. The highest BCUT2D eigenvalue weighted by molar-refractivity contribution is 6.30. The van der Waals surface area contributed by atoms with Gasteiger partial charge in [-0.25, -0.2) is 0 Å². The predicted octanol–water partition coefficient (Wildman–Crippen LogP) is 4.48. The van der Waals surface area contributed by atoms with Crippen LogP contribution in [0.4, 0.5) is 11.4 Å². The molecule has 0 aliphatic carbocycles. The Morgan fingerprint density at radius 3 is 2.59 bits per heavy atom. The summed E-state index contributed by atoms with van der Waals surface area (Å²) in [7, 11) is 0. The molecular weight excluding hydrogens is 296 g/mol. The largest absolute Gasteiger partial charge is 0.399 e. The molecule has 2 rings (SSSR count). The van der Waals surface area contributed by atoms with Crippen LogP contribution in [0.1, 0.15) is 24.5 Å². The van der Waals surface area contributed by atoms with Crippen molar-refractivity contribution >= 4 is 29.3 Å². The Labute approximate surface area is 137 Å². The molecule has 22 heavy (non-hydrogen) atoms. The minimum absolute atomic E-state index is 0.445. The van der Waals surface area contributed by atoms with Crippen molar-refractivity contribution in [3.63, 3.8) is 0 Å². The summed E-state index contributed by atoms with van der Waals surface area (Å²) in [5, 5.41) is 4.01. The number of hydrogen-bond acceptors (Lipinski definition) is 3. The van der Waals surface area contributed by atoms with Gasteiger partial charge in [0.2, 0.25) is 0 Å². The lowest BCUT2D eigenvalue weighted by Gasteiger charge is -2.08. The average Bonchev–Trinajstić information content (AvgIpc) is 2.47. The van der Waals surface area contributed by atoms with Crippen molar-refractivity contribution in [1.29, 1.82) is 0 Å². The lowest BCUT2D eigenvalue weighted by molar-refractivity contribution is -0.107. The highest BCUT2D eigenvalue weighted by Crippen LogP contribution is 2.17. The molecule has 0 aliphatic rings. The maximum atomic E-state index is 10.0. The van der Waals surface area contributed by atoms with E-state index < -0.39 is 0 Å². The number of aldehydes is 1. The summed E-state index contributed by atoms with van der Waals surface area (Å²) < 4.78 is 0. The molecule has 0 bridgehead atoms. The smallest absolute Gasteiger partial charge is 0.124 e. The van der Waals surface area contributed by atoms with Gasteiger partial charge in [-0.05, 0) is 54.8 Å². The molecule has 0 atom stereocenters. The van der Waals surface area contributed by atoms with Gasteiger partial charge in [0.05, 0.1) is 0 Å². The second-order valence-corrected chi connectivity index (χ2v) is 5.44. The molecule has 3 nitrogen and oxygen atoms in total. The first-order chi connectivity index (χ1) is 10.6. The van der Waals surface area contributed by atoms with Gasteiger partial charge in [0, 0.05) is 29.4 Å². The maximum Gasteiger partial charge on any atom is 0.124 e. The van der Waals surface area contributed by atoms with Crippen LogP contribution in [0.25, 0.3) is 0 Å². The highest BCUT2D eigenvalue weighted by Gasteiger charge is 1.95. The SMILES string of the molecule is CCCNc1ccc(N)cc1C.O=CCc1cccc(Cl)c1. The fourth-order valence-corrected chi connectivity index (χ4v) is 2.12. The van der Waals surface area contributed by atoms with Crippen LogP contribution in [-0.4, -0.2) is 12.8 Å². The first-order valence-electron chi connectivity index (χ1n) is 7.35. The molecule has 118 valence electrons. The van der Waals surface area contributed by atoms with Gasteiger partial charge in [0.25, 0.3) is 0 Å². The van der Waals surface area contributed by atoms with Gasteiger partial charge < -0.3 is 15.8 Å². The molecule has 0 saturated carbocycles. The number of benzene rings is 2. The van der Waals surface area contributed by atoms with Crippen molar-refractivity contribution in [3.8, 4) is 0 Å². The molecule has 3 N–H and O–H groups in total. The minimum Gasteiger partial charge on any atom is -0.399 e. The number of carbonyl (C=O) groups is 1. The molecule has 0 unspecified atom stereocenters. The van der Waals surface area contributed by atoms with Crippen LogP contribution in [0.2, 0.25) is 5.02 Å². The van der Waals surface area contributed by atoms with Crippen LogP contribution in [0.15, 0.2) is 42.5 Å². The van der Waals surface area contributed by atoms with E-state index in [4.69, 9.17) is 17.3 Å². The van der Waals surface area contributed by atoms with E-state index in [0.717, 1.165) is 30.5 Å². The predicted molar refractivity (Wildman–Crippen MR) is 95.6 cm³/mol. The summed E-state index contributed by atoms with van der Waals surface area (Å²) >= 11 is 5.66. The molecule has 0 aliphatic heterocycles. The molecule has 2 aromatic carbocycles. The third kappa shape index (κ3) is 6.64. The fraction of sp³-hybridized carbons (Fsp3) is 0.278. The summed E-state index contributed by atoms with van der Waals surface area (Å²) in [5.41, 5.74) is 9.82. The number of nitrogen functional groups attached to an aromatic ring is 1. The third-order valence-electron chi connectivity index (χ3n) is 3.02. The molecule has 0 fully saturated rings. The van der Waals surface area contributed by atoms with Gasteiger partial charge in [-0.2, -0.15) is 0 Å². The first kappa shape index (κ1) is 18.1. The van der Waals surface area contributed by atoms with Crippen LogP contribution in [0.3, 0.4) is 0 Å². The Balaban J connectivity index is 0.000000224. The third-order valence-corrected chi connectivity index (χ3v) is 3.26. The number of nitrogens with two attached hydrogens (primary N) is 1. The van der Waals surface area contributed by atoms with E-state index in [1.54, 1.807) is 12.1 Å². The van der Waals surface area contributed by atoms with E-state index >= 15 is 0 Å². The Hall–Kier alpha value is -2.00. The second kappa shape index (κ2) is 9.85. The summed E-state index contributed by atoms with van der Waals surface area (Å²) in [5.74, 6) is 0. The zero-order valence-electron chi connectivity index (χ0n) is 13.1. The van der Waals surface area contributed by atoms with Crippen LogP contribution >= 0.6 is 11.6 Å². The molecule has 0 radical (unpaired) electrons. The molecule has 0 amide bonds. The van der Waals surface area contributed by atoms with Gasteiger partial charge in [0.1, 0.15) is 6.29 Å². The standard InChI is InChI=1S/C10H16N2.C8H7ClO/c1-3-6-12-10-5-4-9(11)7-8(10)2;9-8-3-1-2-7(6-8)4-5-10/h4-5,7,12H,3,6,11H2,1-2H3;1-3,5-6H,4H2. The molecule has 2 aromatic rings. The van der Waals surface area contributed by atoms with Crippen molar-refractivity contribution in [2.24, 2.45) is 0 Å². The molecule has 0 saturated heterocycles. The normalized spacial score (nSPS) is 9.59. The number of hydrogen-bond donors (Lipinski definition) is 2. The number of carbonyl (C=O) groups excluding carboxylic acids is 1. The quantitative estimate of drug-likeness (QED) is 0.631. The van der Waals surface area contributed by atoms with E-state index in [2.05, 4.69) is 19.2 Å². The number of anilines is 2. The Bertz CT molecular complexity index is 599. The minimum atomic E-state index is 0.445. The zero-order chi connectivity index (χ0) is 16.4. The van der Waals surface area contributed by atoms with E-state index in [1.165, 1.54) is 11.3 Å². The molecule has 0 spiro atoms. The van der Waals surface area contributed by atoms with Crippen LogP contribution < -0.4 is 11.1 Å². The Morgan fingerprint density at radius 1 is 1.23 bits per heavy atom. The highest BCUT2D eigenvalue weighted by atomic mass is 35.5. The van der Waals surface area contributed by atoms with Crippen molar-refractivity contribution in [3.05, 3.63) is 58.6 Å². The van der Waals surface area contributed by atoms with Crippen LogP contribution in [0, 0.1) is 6.92 Å². The number of aryl methyl sites for hydroxylation is 1. The molecular formula is C18H23ClN2O. The lowest BCUT2D eigenvalue weighted by Crippen LogP contribution is -2.01. The van der Waals surface area contributed by atoms with Gasteiger partial charge in [0.15, 0.2) is 0 Å². The molecule has 0 heterocycles. The van der Waals surface area contributed by atoms with Gasteiger partial charge >= 0.3 is 0 Å². The van der Waals surface area contributed by atoms with Crippen molar-refractivity contribution < 1.29 is 4.79 Å². The van der Waals surface area contributed by atoms with E-state index in [-0.39, 0.29) is 0 Å². The summed E-state index contributed by atoms with van der Waals surface area (Å²) in [6, 6.07) is 13.2. The second-order valence-electron chi connectivity index (χ2n) is 5.00. The van der Waals surface area contributed by atoms with Gasteiger partial charge in [-0.3, -0.25) is 0 Å². The summed E-state index contributed by atoms with van der Waals surface area (Å²) in [6.45, 7) is 5.23. The van der Waals surface area contributed by atoms with Crippen LogP contribution in [0.5, 0.6) is 0 Å². The van der Waals surface area contributed by atoms with Crippen molar-refractivity contribution in [2.75, 3.05) is 17.6 Å². The van der Waals surface area contributed by atoms with E-state index in [0.29, 0.717) is 11.4 Å². The average molecular weight is 319 g/mol. The fourth-order valence-electron chi connectivity index (χ4n) is 1.91. The zero-order valence-corrected chi connectivity index (χ0v) is 13.9. The van der Waals surface area contributed by atoms with Gasteiger partial charge in [-0.15, -0.1) is 0 Å². The lowest BCUT2D eigenvalue weighted by atomic mass is 10.2. The number of nitrogens with one attached hydrogen (secondary N) is 1. The first-order valence-corrected chi connectivity index (χ1v) is 7.72. The topological polar surface area (TPSA) is 55.1 Å². The monoisotopic (exact) mass is 318 g/mol. The van der Waals surface area contributed by atoms with Crippen molar-refractivity contribution in [1.82, 2.24) is 0 Å². The van der Waals surface area contributed by atoms with Crippen LogP contribution in [-0.2, 0) is 11.2 Å². The van der Waals surface area contributed by atoms with E-state index in [1.807, 2.05) is 30.3 Å². The number of halogens is 1. The summed E-state index contributed by atoms with van der Waals surface area (Å²) in [6.07, 6.45) is 2.45.